The first-order valence-electron chi connectivity index (χ1n) is 10.7. The van der Waals surface area contributed by atoms with Crippen molar-refractivity contribution in [2.45, 2.75) is 6.42 Å². The summed E-state index contributed by atoms with van der Waals surface area (Å²) >= 11 is 5.53. The molecule has 4 rings (SSSR count). The van der Waals surface area contributed by atoms with E-state index in [0.29, 0.717) is 23.9 Å². The molecule has 10 nitrogen and oxygen atoms in total. The molecular formula is C23H23N3O7S2. The predicted molar refractivity (Wildman–Crippen MR) is 133 cm³/mol. The highest BCUT2D eigenvalue weighted by atomic mass is 32.3. The number of fused-ring (bicyclic) bond motifs is 1. The van der Waals surface area contributed by atoms with Gasteiger partial charge in [0.1, 0.15) is 5.70 Å². The molecule has 184 valence electrons. The second kappa shape index (κ2) is 10.5. The van der Waals surface area contributed by atoms with Gasteiger partial charge in [-0.25, -0.2) is 4.18 Å². The minimum Gasteiger partial charge on any atom is -0.439 e. The molecule has 2 aromatic carbocycles. The molecule has 2 aromatic rings. The predicted octanol–water partition coefficient (Wildman–Crippen LogP) is 2.45. The van der Waals surface area contributed by atoms with Gasteiger partial charge in [0.15, 0.2) is 10.9 Å². The van der Waals surface area contributed by atoms with Crippen LogP contribution in [0.4, 0.5) is 11.4 Å². The lowest BCUT2D eigenvalue weighted by molar-refractivity contribution is -0.114. The summed E-state index contributed by atoms with van der Waals surface area (Å²) in [5.74, 6) is 0.667. The first kappa shape index (κ1) is 24.8. The second-order valence-corrected chi connectivity index (χ2v) is 8.97. The topological polar surface area (TPSA) is 120 Å². The fraction of sp³-hybridized carbons (Fsp3) is 0.217. The molecule has 0 aliphatic carbocycles. The molecule has 35 heavy (non-hydrogen) atoms. The van der Waals surface area contributed by atoms with Crippen LogP contribution in [-0.4, -0.2) is 60.3 Å². The summed E-state index contributed by atoms with van der Waals surface area (Å²) in [6, 6.07) is 16.3. The van der Waals surface area contributed by atoms with E-state index in [9.17, 15) is 18.3 Å². The van der Waals surface area contributed by atoms with Gasteiger partial charge in [0, 0.05) is 19.2 Å². The Labute approximate surface area is 208 Å². The van der Waals surface area contributed by atoms with Gasteiger partial charge < -0.3 is 19.6 Å². The summed E-state index contributed by atoms with van der Waals surface area (Å²) in [5.41, 5.74) is 1.65. The average Bonchev–Trinajstić information content (AvgIpc) is 3.29. The van der Waals surface area contributed by atoms with Crippen molar-refractivity contribution in [3.63, 3.8) is 0 Å². The van der Waals surface area contributed by atoms with E-state index in [1.165, 1.54) is 4.90 Å². The lowest BCUT2D eigenvalue weighted by atomic mass is 10.2. The number of aliphatic hydroxyl groups excluding tert-OH is 1. The van der Waals surface area contributed by atoms with E-state index >= 15 is 0 Å². The number of hydrogen-bond donors (Lipinski definition) is 2. The summed E-state index contributed by atoms with van der Waals surface area (Å²) in [5, 5.41) is 9.80. The summed E-state index contributed by atoms with van der Waals surface area (Å²) < 4.78 is 40.8. The van der Waals surface area contributed by atoms with Crippen molar-refractivity contribution in [1.29, 1.82) is 0 Å². The van der Waals surface area contributed by atoms with Crippen LogP contribution in [0.15, 0.2) is 78.3 Å². The highest BCUT2D eigenvalue weighted by Gasteiger charge is 2.38. The van der Waals surface area contributed by atoms with E-state index < -0.39 is 10.4 Å². The minimum absolute atomic E-state index is 0.140. The molecule has 0 unspecified atom stereocenters. The van der Waals surface area contributed by atoms with E-state index in [1.807, 2.05) is 29.2 Å². The molecule has 2 aliphatic heterocycles. The van der Waals surface area contributed by atoms with Gasteiger partial charge in [0.05, 0.1) is 24.6 Å². The molecule has 1 amide bonds. The van der Waals surface area contributed by atoms with Crippen molar-refractivity contribution < 1.29 is 31.8 Å². The Hall–Kier alpha value is -3.29. The lowest BCUT2D eigenvalue weighted by Gasteiger charge is -2.19. The van der Waals surface area contributed by atoms with Crippen molar-refractivity contribution in [2.24, 2.45) is 0 Å². The van der Waals surface area contributed by atoms with Gasteiger partial charge in [-0.05, 0) is 49.0 Å². The van der Waals surface area contributed by atoms with E-state index in [-0.39, 0.29) is 42.9 Å². The molecule has 1 fully saturated rings. The van der Waals surface area contributed by atoms with Crippen molar-refractivity contribution >= 4 is 45.0 Å². The Morgan fingerprint density at radius 1 is 1.00 bits per heavy atom. The summed E-state index contributed by atoms with van der Waals surface area (Å²) in [7, 11) is -4.52. The molecule has 1 saturated heterocycles. The van der Waals surface area contributed by atoms with Crippen LogP contribution in [-0.2, 0) is 19.4 Å². The van der Waals surface area contributed by atoms with Crippen LogP contribution in [0.25, 0.3) is 0 Å². The first-order chi connectivity index (χ1) is 16.8. The number of amides is 1. The van der Waals surface area contributed by atoms with Crippen molar-refractivity contribution in [3.8, 4) is 5.75 Å². The quantitative estimate of drug-likeness (QED) is 0.222. The highest BCUT2D eigenvalue weighted by Crippen LogP contribution is 2.39. The average molecular weight is 518 g/mol. The monoisotopic (exact) mass is 517 g/mol. The summed E-state index contributed by atoms with van der Waals surface area (Å²) in [4.78, 5) is 18.1. The normalized spacial score (nSPS) is 18.1. The van der Waals surface area contributed by atoms with E-state index in [2.05, 4.69) is 4.18 Å². The van der Waals surface area contributed by atoms with Gasteiger partial charge in [-0.3, -0.25) is 14.2 Å². The smallest absolute Gasteiger partial charge is 0.397 e. The van der Waals surface area contributed by atoms with Crippen LogP contribution in [0.2, 0.25) is 0 Å². The molecule has 0 saturated carbocycles. The molecule has 0 aromatic heterocycles. The molecule has 0 radical (unpaired) electrons. The van der Waals surface area contributed by atoms with Crippen molar-refractivity contribution in [2.75, 3.05) is 36.1 Å². The van der Waals surface area contributed by atoms with Crippen LogP contribution in [0, 0.1) is 0 Å². The molecule has 2 aliphatic rings. The first-order valence-corrected chi connectivity index (χ1v) is 12.5. The van der Waals surface area contributed by atoms with E-state index in [4.69, 9.17) is 21.5 Å². The molecular weight excluding hydrogens is 494 g/mol. The van der Waals surface area contributed by atoms with Crippen LogP contribution >= 0.6 is 12.2 Å². The molecule has 2 heterocycles. The maximum atomic E-state index is 13.3. The fourth-order valence-electron chi connectivity index (χ4n) is 3.77. The second-order valence-electron chi connectivity index (χ2n) is 7.52. The van der Waals surface area contributed by atoms with Crippen LogP contribution in [0.1, 0.15) is 6.42 Å². The number of thiocarbonyl (C=S) groups is 1. The van der Waals surface area contributed by atoms with Gasteiger partial charge >= 0.3 is 10.4 Å². The zero-order valence-corrected chi connectivity index (χ0v) is 20.1. The number of nitrogens with zero attached hydrogens (tertiary/aromatic N) is 3. The van der Waals surface area contributed by atoms with Gasteiger partial charge in [-0.2, -0.15) is 8.42 Å². The van der Waals surface area contributed by atoms with Gasteiger partial charge in [-0.15, -0.1) is 0 Å². The number of para-hydroxylation sites is 3. The van der Waals surface area contributed by atoms with Crippen molar-refractivity contribution in [3.05, 3.63) is 78.3 Å². The molecule has 0 atom stereocenters. The third-order valence-corrected chi connectivity index (χ3v) is 6.12. The van der Waals surface area contributed by atoms with Crippen LogP contribution < -0.4 is 14.5 Å². The summed E-state index contributed by atoms with van der Waals surface area (Å²) in [6.45, 7) is 0.0474. The number of ether oxygens (including phenoxy) is 1. The van der Waals surface area contributed by atoms with Gasteiger partial charge in [0.2, 0.25) is 5.88 Å². The van der Waals surface area contributed by atoms with E-state index in [0.717, 1.165) is 5.69 Å². The van der Waals surface area contributed by atoms with E-state index in [1.54, 1.807) is 47.4 Å². The standard InChI is InChI=1S/C23H23N3O7S2/c27-15-14-25-19(22(28)26(23(25)34)17-7-2-1-3-8-17)11-12-21-24(13-6-16-32-35(29,30)31)18-9-4-5-10-20(18)33-21/h1-5,7-12,27H,6,13-16H2,(H,29,30,31)/b19-11+,21-12-. The molecule has 2 N–H and O–H groups in total. The molecule has 12 heteroatoms. The zero-order valence-electron chi connectivity index (χ0n) is 18.5. The lowest BCUT2D eigenvalue weighted by Crippen LogP contribution is -2.33. The third-order valence-electron chi connectivity index (χ3n) is 5.25. The summed E-state index contributed by atoms with van der Waals surface area (Å²) in [6.07, 6.45) is 3.47. The Kier molecular flexibility index (Phi) is 7.48. The van der Waals surface area contributed by atoms with Gasteiger partial charge in [0.25, 0.3) is 5.91 Å². The maximum Gasteiger partial charge on any atom is 0.397 e. The number of β-amino-alcohol motifs (C(OH)–C–C–N with tert-alkyl or cyclic N) is 1. The number of rotatable bonds is 9. The number of allylic oxidation sites excluding steroid dienone is 2. The number of carbonyl (C=O) groups is 1. The Balaban J connectivity index is 1.61. The molecule has 0 bridgehead atoms. The third kappa shape index (κ3) is 5.52. The number of anilines is 2. The number of carbonyl (C=O) groups excluding carboxylic acids is 1. The number of benzene rings is 2. The minimum atomic E-state index is -4.52. The Bertz CT molecular complexity index is 1280. The van der Waals surface area contributed by atoms with Gasteiger partial charge in [-0.1, -0.05) is 30.3 Å². The highest BCUT2D eigenvalue weighted by molar-refractivity contribution is 7.81. The Morgan fingerprint density at radius 2 is 1.71 bits per heavy atom. The maximum absolute atomic E-state index is 13.3. The van der Waals surface area contributed by atoms with Crippen LogP contribution in [0.5, 0.6) is 5.75 Å². The zero-order chi connectivity index (χ0) is 25.0. The Morgan fingerprint density at radius 3 is 2.43 bits per heavy atom. The fourth-order valence-corrected chi connectivity index (χ4v) is 4.47. The largest absolute Gasteiger partial charge is 0.439 e. The van der Waals surface area contributed by atoms with Crippen molar-refractivity contribution in [1.82, 2.24) is 4.90 Å². The molecule has 0 spiro atoms. The SMILES string of the molecule is O=C1/C(=C\C=C2/Oc3ccccc3N2CCCOS(=O)(=O)O)N(CCO)C(=S)N1c1ccccc1. The number of hydrogen-bond acceptors (Lipinski definition) is 8. The van der Waals surface area contributed by atoms with Crippen LogP contribution in [0.3, 0.4) is 0 Å². The number of aliphatic hydroxyl groups is 1.